The van der Waals surface area contributed by atoms with E-state index in [9.17, 15) is 0 Å². The van der Waals surface area contributed by atoms with E-state index in [1.807, 2.05) is 38.2 Å². The molecule has 1 aromatic carbocycles. The molecule has 0 fully saturated rings. The Kier molecular flexibility index (Phi) is 4.25. The summed E-state index contributed by atoms with van der Waals surface area (Å²) in [5, 5.41) is 3.07. The molecular weight excluding hydrogens is 226 g/mol. The van der Waals surface area contributed by atoms with Gasteiger partial charge in [-0.05, 0) is 31.7 Å². The highest BCUT2D eigenvalue weighted by molar-refractivity contribution is 5.31. The highest BCUT2D eigenvalue weighted by Crippen LogP contribution is 2.20. The average Bonchev–Trinajstić information content (AvgIpc) is 2.38. The molecule has 1 aromatic heterocycles. The van der Waals surface area contributed by atoms with Gasteiger partial charge < -0.3 is 10.1 Å². The summed E-state index contributed by atoms with van der Waals surface area (Å²) < 4.78 is 5.68. The van der Waals surface area contributed by atoms with Crippen molar-refractivity contribution in [1.82, 2.24) is 15.3 Å². The highest BCUT2D eigenvalue weighted by atomic mass is 16.5. The molecule has 2 rings (SSSR count). The lowest BCUT2D eigenvalue weighted by molar-refractivity contribution is 0.475. The highest BCUT2D eigenvalue weighted by Gasteiger charge is 2.00. The Morgan fingerprint density at radius 3 is 2.61 bits per heavy atom. The maximum atomic E-state index is 5.68. The zero-order valence-corrected chi connectivity index (χ0v) is 10.7. The van der Waals surface area contributed by atoms with Gasteiger partial charge in [0.25, 0.3) is 0 Å². The van der Waals surface area contributed by atoms with Gasteiger partial charge in [0, 0.05) is 13.0 Å². The zero-order valence-electron chi connectivity index (χ0n) is 10.7. The number of rotatable bonds is 5. The summed E-state index contributed by atoms with van der Waals surface area (Å²) in [7, 11) is 1.91. The van der Waals surface area contributed by atoms with Crippen molar-refractivity contribution in [1.29, 1.82) is 0 Å². The topological polar surface area (TPSA) is 47.0 Å². The third-order valence-corrected chi connectivity index (χ3v) is 2.51. The minimum absolute atomic E-state index is 0.661. The molecule has 2 aromatic rings. The molecule has 0 aliphatic rings. The van der Waals surface area contributed by atoms with Gasteiger partial charge in [0.1, 0.15) is 11.6 Å². The van der Waals surface area contributed by atoms with E-state index in [1.54, 1.807) is 12.4 Å². The Hall–Kier alpha value is -1.94. The lowest BCUT2D eigenvalue weighted by atomic mass is 10.2. The Balaban J connectivity index is 2.02. The Labute approximate surface area is 107 Å². The Morgan fingerprint density at radius 1 is 1.17 bits per heavy atom. The summed E-state index contributed by atoms with van der Waals surface area (Å²) in [6.45, 7) is 2.91. The van der Waals surface area contributed by atoms with Crippen LogP contribution in [-0.2, 0) is 6.42 Å². The van der Waals surface area contributed by atoms with Gasteiger partial charge in [0.05, 0.1) is 12.4 Å². The lowest BCUT2D eigenvalue weighted by Gasteiger charge is -2.06. The van der Waals surface area contributed by atoms with Crippen molar-refractivity contribution in [3.63, 3.8) is 0 Å². The fraction of sp³-hybridized carbons (Fsp3) is 0.286. The van der Waals surface area contributed by atoms with E-state index in [0.717, 1.165) is 24.5 Å². The van der Waals surface area contributed by atoms with E-state index in [-0.39, 0.29) is 0 Å². The van der Waals surface area contributed by atoms with E-state index in [4.69, 9.17) is 4.74 Å². The van der Waals surface area contributed by atoms with Crippen molar-refractivity contribution in [3.8, 4) is 11.5 Å². The Bertz CT molecular complexity index is 497. The van der Waals surface area contributed by atoms with E-state index < -0.39 is 0 Å². The first-order valence-electron chi connectivity index (χ1n) is 5.98. The molecule has 0 unspecified atom stereocenters. The van der Waals surface area contributed by atoms with Gasteiger partial charge in [-0.15, -0.1) is 0 Å². The zero-order chi connectivity index (χ0) is 12.8. The smallest absolute Gasteiger partial charge is 0.164 e. The minimum Gasteiger partial charge on any atom is -0.454 e. The predicted octanol–water partition coefficient (Wildman–Crippen LogP) is 2.34. The molecule has 18 heavy (non-hydrogen) atoms. The fourth-order valence-corrected chi connectivity index (χ4v) is 1.58. The van der Waals surface area contributed by atoms with Crippen LogP contribution in [0.1, 0.15) is 11.4 Å². The molecule has 0 atom stereocenters. The van der Waals surface area contributed by atoms with E-state index >= 15 is 0 Å². The normalized spacial score (nSPS) is 10.3. The van der Waals surface area contributed by atoms with Crippen LogP contribution in [0.15, 0.2) is 36.7 Å². The second-order valence-corrected chi connectivity index (χ2v) is 4.11. The van der Waals surface area contributed by atoms with Gasteiger partial charge in [-0.2, -0.15) is 0 Å². The molecule has 0 saturated carbocycles. The van der Waals surface area contributed by atoms with Crippen LogP contribution in [0.4, 0.5) is 0 Å². The number of ether oxygens (including phenoxy) is 1. The number of likely N-dealkylation sites (N-methyl/N-ethyl adjacent to an activating group) is 1. The summed E-state index contributed by atoms with van der Waals surface area (Å²) in [6, 6.07) is 7.90. The quantitative estimate of drug-likeness (QED) is 0.875. The molecule has 0 bridgehead atoms. The second-order valence-electron chi connectivity index (χ2n) is 4.11. The number of aryl methyl sites for hydroxylation is 1. The molecule has 1 N–H and O–H groups in total. The van der Waals surface area contributed by atoms with Crippen LogP contribution in [0.25, 0.3) is 0 Å². The number of hydrogen-bond acceptors (Lipinski definition) is 4. The molecule has 0 amide bonds. The van der Waals surface area contributed by atoms with Gasteiger partial charge in [-0.3, -0.25) is 0 Å². The molecule has 0 radical (unpaired) electrons. The molecule has 1 heterocycles. The van der Waals surface area contributed by atoms with Gasteiger partial charge >= 0.3 is 0 Å². The van der Waals surface area contributed by atoms with Crippen molar-refractivity contribution in [2.45, 2.75) is 13.3 Å². The standard InChI is InChI=1S/C14H17N3O/c1-11-4-3-5-12(8-11)18-13-9-16-14(17-10-13)6-7-15-2/h3-5,8-10,15H,6-7H2,1-2H3. The Morgan fingerprint density at radius 2 is 1.94 bits per heavy atom. The van der Waals surface area contributed by atoms with Crippen LogP contribution in [0.3, 0.4) is 0 Å². The molecule has 0 spiro atoms. The van der Waals surface area contributed by atoms with E-state index in [2.05, 4.69) is 15.3 Å². The van der Waals surface area contributed by atoms with Crippen molar-refractivity contribution >= 4 is 0 Å². The number of benzene rings is 1. The minimum atomic E-state index is 0.661. The maximum absolute atomic E-state index is 5.68. The summed E-state index contributed by atoms with van der Waals surface area (Å²) in [5.41, 5.74) is 1.17. The second kappa shape index (κ2) is 6.12. The average molecular weight is 243 g/mol. The van der Waals surface area contributed by atoms with Crippen molar-refractivity contribution in [3.05, 3.63) is 48.0 Å². The van der Waals surface area contributed by atoms with Crippen LogP contribution in [-0.4, -0.2) is 23.6 Å². The van der Waals surface area contributed by atoms with Gasteiger partial charge in [-0.25, -0.2) is 9.97 Å². The van der Waals surface area contributed by atoms with Crippen molar-refractivity contribution in [2.75, 3.05) is 13.6 Å². The maximum Gasteiger partial charge on any atom is 0.164 e. The molecule has 0 aliphatic carbocycles. The first-order valence-corrected chi connectivity index (χ1v) is 5.98. The number of nitrogens with zero attached hydrogens (tertiary/aromatic N) is 2. The van der Waals surface area contributed by atoms with Crippen LogP contribution in [0, 0.1) is 6.92 Å². The van der Waals surface area contributed by atoms with Crippen LogP contribution < -0.4 is 10.1 Å². The summed E-state index contributed by atoms with van der Waals surface area (Å²) >= 11 is 0. The van der Waals surface area contributed by atoms with Crippen molar-refractivity contribution < 1.29 is 4.74 Å². The van der Waals surface area contributed by atoms with Gasteiger partial charge in [0.2, 0.25) is 0 Å². The first-order chi connectivity index (χ1) is 8.78. The SMILES string of the molecule is CNCCc1ncc(Oc2cccc(C)c2)cn1. The predicted molar refractivity (Wildman–Crippen MR) is 70.9 cm³/mol. The van der Waals surface area contributed by atoms with Gasteiger partial charge in [0.15, 0.2) is 5.75 Å². The van der Waals surface area contributed by atoms with E-state index in [0.29, 0.717) is 5.75 Å². The molecule has 0 aliphatic heterocycles. The first kappa shape index (κ1) is 12.5. The fourth-order valence-electron chi connectivity index (χ4n) is 1.58. The number of nitrogens with one attached hydrogen (secondary N) is 1. The third kappa shape index (κ3) is 3.53. The number of aromatic nitrogens is 2. The molecule has 4 heteroatoms. The van der Waals surface area contributed by atoms with E-state index in [1.165, 1.54) is 5.56 Å². The number of hydrogen-bond donors (Lipinski definition) is 1. The third-order valence-electron chi connectivity index (χ3n) is 2.51. The molecular formula is C14H17N3O. The molecule has 94 valence electrons. The largest absolute Gasteiger partial charge is 0.454 e. The van der Waals surface area contributed by atoms with Crippen LogP contribution in [0.2, 0.25) is 0 Å². The van der Waals surface area contributed by atoms with Crippen molar-refractivity contribution in [2.24, 2.45) is 0 Å². The van der Waals surface area contributed by atoms with Gasteiger partial charge in [-0.1, -0.05) is 12.1 Å². The molecule has 0 saturated heterocycles. The summed E-state index contributed by atoms with van der Waals surface area (Å²) in [4.78, 5) is 8.52. The van der Waals surface area contributed by atoms with Crippen LogP contribution >= 0.6 is 0 Å². The summed E-state index contributed by atoms with van der Waals surface area (Å²) in [6.07, 6.45) is 4.24. The monoisotopic (exact) mass is 243 g/mol. The summed E-state index contributed by atoms with van der Waals surface area (Å²) in [5.74, 6) is 2.29. The lowest BCUT2D eigenvalue weighted by Crippen LogP contribution is -2.12. The molecule has 4 nitrogen and oxygen atoms in total. The van der Waals surface area contributed by atoms with Crippen LogP contribution in [0.5, 0.6) is 11.5 Å².